The molecule has 188 valence electrons. The Morgan fingerprint density at radius 3 is 2.68 bits per heavy atom. The third kappa shape index (κ3) is 5.17. The molecule has 1 aromatic carbocycles. The number of pyridine rings is 1. The van der Waals surface area contributed by atoms with Gasteiger partial charge in [-0.2, -0.15) is 5.26 Å². The number of carbonyl (C=O) groups excluding carboxylic acids is 1. The van der Waals surface area contributed by atoms with Crippen molar-refractivity contribution in [3.05, 3.63) is 72.3 Å². The molecule has 0 bridgehead atoms. The van der Waals surface area contributed by atoms with E-state index in [9.17, 15) is 10.1 Å². The molecule has 1 fully saturated rings. The predicted octanol–water partition coefficient (Wildman–Crippen LogP) is 4.46. The number of furan rings is 1. The second-order valence-electron chi connectivity index (χ2n) is 8.14. The van der Waals surface area contributed by atoms with Crippen molar-refractivity contribution in [3.8, 4) is 34.3 Å². The van der Waals surface area contributed by atoms with Gasteiger partial charge in [0, 0.05) is 35.5 Å². The van der Waals surface area contributed by atoms with Crippen LogP contribution in [0, 0.1) is 11.3 Å². The monoisotopic (exact) mass is 500 g/mol. The van der Waals surface area contributed by atoms with Gasteiger partial charge in [-0.1, -0.05) is 12.1 Å². The molecule has 0 spiro atoms. The SMILES string of the molecule is CCOC(=O)c1ocnc1COc1nc(-c2ccc(N3CCOCC3)cc2)cc(-c2ccoc2)c1C#N. The topological polar surface area (TPSA) is 124 Å². The average molecular weight is 501 g/mol. The van der Waals surface area contributed by atoms with E-state index in [1.807, 2.05) is 30.3 Å². The summed E-state index contributed by atoms with van der Waals surface area (Å²) in [6.07, 6.45) is 4.24. The summed E-state index contributed by atoms with van der Waals surface area (Å²) in [5.41, 5.74) is 4.37. The van der Waals surface area contributed by atoms with E-state index in [0.717, 1.165) is 30.7 Å². The lowest BCUT2D eigenvalue weighted by Gasteiger charge is -2.28. The Labute approximate surface area is 213 Å². The highest BCUT2D eigenvalue weighted by Crippen LogP contribution is 2.34. The summed E-state index contributed by atoms with van der Waals surface area (Å²) in [6, 6.07) is 13.8. The van der Waals surface area contributed by atoms with Gasteiger partial charge in [-0.15, -0.1) is 0 Å². The highest BCUT2D eigenvalue weighted by molar-refractivity contribution is 5.87. The fourth-order valence-corrected chi connectivity index (χ4v) is 4.06. The first kappa shape index (κ1) is 24.1. The maximum absolute atomic E-state index is 12.2. The van der Waals surface area contributed by atoms with Gasteiger partial charge in [0.05, 0.1) is 38.0 Å². The molecule has 4 aromatic rings. The van der Waals surface area contributed by atoms with E-state index in [2.05, 4.69) is 20.9 Å². The highest BCUT2D eigenvalue weighted by Gasteiger charge is 2.22. The molecule has 0 unspecified atom stereocenters. The fraction of sp³-hybridized carbons (Fsp3) is 0.259. The number of ether oxygens (including phenoxy) is 3. The van der Waals surface area contributed by atoms with Crippen LogP contribution in [-0.4, -0.2) is 48.8 Å². The lowest BCUT2D eigenvalue weighted by molar-refractivity contribution is 0.0486. The van der Waals surface area contributed by atoms with E-state index in [-0.39, 0.29) is 36.1 Å². The molecule has 1 aliphatic rings. The first-order valence-corrected chi connectivity index (χ1v) is 11.8. The maximum atomic E-state index is 12.2. The smallest absolute Gasteiger partial charge is 0.376 e. The zero-order valence-electron chi connectivity index (χ0n) is 20.2. The van der Waals surface area contributed by atoms with Crippen molar-refractivity contribution < 1.29 is 27.8 Å². The molecule has 0 atom stereocenters. The number of morpholine rings is 1. The van der Waals surface area contributed by atoms with Crippen molar-refractivity contribution in [3.63, 3.8) is 0 Å². The largest absolute Gasteiger partial charge is 0.472 e. The Balaban J connectivity index is 1.48. The van der Waals surface area contributed by atoms with Gasteiger partial charge in [-0.25, -0.2) is 14.8 Å². The van der Waals surface area contributed by atoms with Crippen LogP contribution in [0.2, 0.25) is 0 Å². The molecule has 5 rings (SSSR count). The van der Waals surface area contributed by atoms with Gasteiger partial charge in [0.2, 0.25) is 11.6 Å². The van der Waals surface area contributed by atoms with Gasteiger partial charge in [0.25, 0.3) is 0 Å². The molecule has 0 aliphatic carbocycles. The van der Waals surface area contributed by atoms with Crippen molar-refractivity contribution in [1.29, 1.82) is 5.26 Å². The van der Waals surface area contributed by atoms with E-state index < -0.39 is 5.97 Å². The number of hydrogen-bond acceptors (Lipinski definition) is 10. The summed E-state index contributed by atoms with van der Waals surface area (Å²) < 4.78 is 26.8. The van der Waals surface area contributed by atoms with Gasteiger partial charge >= 0.3 is 5.97 Å². The van der Waals surface area contributed by atoms with Crippen LogP contribution in [0.15, 0.2) is 64.2 Å². The first-order valence-electron chi connectivity index (χ1n) is 11.8. The summed E-state index contributed by atoms with van der Waals surface area (Å²) in [6.45, 7) is 4.84. The van der Waals surface area contributed by atoms with Crippen molar-refractivity contribution in [2.45, 2.75) is 13.5 Å². The van der Waals surface area contributed by atoms with Crippen LogP contribution < -0.4 is 9.64 Å². The molecule has 3 aromatic heterocycles. The summed E-state index contributed by atoms with van der Waals surface area (Å²) in [5.74, 6) is -0.586. The minimum Gasteiger partial charge on any atom is -0.472 e. The molecule has 0 amide bonds. The minimum absolute atomic E-state index is 0.0507. The third-order valence-corrected chi connectivity index (χ3v) is 5.92. The van der Waals surface area contributed by atoms with Crippen molar-refractivity contribution in [1.82, 2.24) is 9.97 Å². The van der Waals surface area contributed by atoms with Crippen molar-refractivity contribution in [2.24, 2.45) is 0 Å². The number of rotatable bonds is 8. The van der Waals surface area contributed by atoms with Gasteiger partial charge in [-0.05, 0) is 31.2 Å². The van der Waals surface area contributed by atoms with E-state index in [1.165, 1.54) is 6.26 Å². The Morgan fingerprint density at radius 1 is 1.16 bits per heavy atom. The number of oxazole rings is 1. The summed E-state index contributed by atoms with van der Waals surface area (Å²) in [4.78, 5) is 23.1. The molecular formula is C27H24N4O6. The van der Waals surface area contributed by atoms with Crippen LogP contribution in [0.4, 0.5) is 5.69 Å². The lowest BCUT2D eigenvalue weighted by Crippen LogP contribution is -2.36. The first-order chi connectivity index (χ1) is 18.2. The van der Waals surface area contributed by atoms with E-state index in [0.29, 0.717) is 30.0 Å². The van der Waals surface area contributed by atoms with Crippen LogP contribution in [0.25, 0.3) is 22.4 Å². The third-order valence-electron chi connectivity index (χ3n) is 5.92. The Hall–Kier alpha value is -4.62. The zero-order valence-corrected chi connectivity index (χ0v) is 20.2. The average Bonchev–Trinajstić information content (AvgIpc) is 3.65. The van der Waals surface area contributed by atoms with Crippen LogP contribution in [0.3, 0.4) is 0 Å². The predicted molar refractivity (Wildman–Crippen MR) is 132 cm³/mol. The van der Waals surface area contributed by atoms with Crippen LogP contribution in [-0.2, 0) is 16.1 Å². The number of esters is 1. The van der Waals surface area contributed by atoms with Crippen molar-refractivity contribution >= 4 is 11.7 Å². The molecule has 37 heavy (non-hydrogen) atoms. The van der Waals surface area contributed by atoms with Crippen molar-refractivity contribution in [2.75, 3.05) is 37.8 Å². The molecule has 1 aliphatic heterocycles. The summed E-state index contributed by atoms with van der Waals surface area (Å²) in [7, 11) is 0. The Kier molecular flexibility index (Phi) is 7.14. The number of nitriles is 1. The number of benzene rings is 1. The normalized spacial score (nSPS) is 13.2. The number of anilines is 1. The molecule has 0 radical (unpaired) electrons. The van der Waals surface area contributed by atoms with E-state index >= 15 is 0 Å². The van der Waals surface area contributed by atoms with Gasteiger partial charge in [-0.3, -0.25) is 0 Å². The molecular weight excluding hydrogens is 476 g/mol. The summed E-state index contributed by atoms with van der Waals surface area (Å²) in [5, 5.41) is 9.99. The summed E-state index contributed by atoms with van der Waals surface area (Å²) >= 11 is 0. The number of carbonyl (C=O) groups is 1. The van der Waals surface area contributed by atoms with Gasteiger partial charge in [0.15, 0.2) is 6.39 Å². The second-order valence-corrected chi connectivity index (χ2v) is 8.14. The fourth-order valence-electron chi connectivity index (χ4n) is 4.06. The van der Waals surface area contributed by atoms with Crippen LogP contribution >= 0.6 is 0 Å². The molecule has 0 saturated carbocycles. The minimum atomic E-state index is -0.639. The van der Waals surface area contributed by atoms with E-state index in [4.69, 9.17) is 23.0 Å². The molecule has 10 nitrogen and oxygen atoms in total. The van der Waals surface area contributed by atoms with Gasteiger partial charge < -0.3 is 27.9 Å². The van der Waals surface area contributed by atoms with Crippen LogP contribution in [0.5, 0.6) is 5.88 Å². The molecule has 0 N–H and O–H groups in total. The number of hydrogen-bond donors (Lipinski definition) is 0. The molecule has 4 heterocycles. The Bertz CT molecular complexity index is 1400. The zero-order chi connectivity index (χ0) is 25.6. The standard InChI is InChI=1S/C27H24N4O6/c1-2-35-27(32)25-24(29-17-37-25)16-36-26-22(14-28)21(19-7-10-34-15-19)13-23(30-26)18-3-5-20(6-4-18)31-8-11-33-12-9-31/h3-7,10,13,15,17H,2,8-9,11-12,16H2,1H3. The number of aromatic nitrogens is 2. The molecule has 1 saturated heterocycles. The molecule has 10 heteroatoms. The van der Waals surface area contributed by atoms with Crippen LogP contribution in [0.1, 0.15) is 28.7 Å². The maximum Gasteiger partial charge on any atom is 0.376 e. The van der Waals surface area contributed by atoms with E-state index in [1.54, 1.807) is 19.3 Å². The van der Waals surface area contributed by atoms with Gasteiger partial charge in [0.1, 0.15) is 23.9 Å². The number of nitrogens with zero attached hydrogens (tertiary/aromatic N) is 4. The quantitative estimate of drug-likeness (QED) is 0.320. The Morgan fingerprint density at radius 2 is 1.97 bits per heavy atom. The second kappa shape index (κ2) is 11.0. The highest BCUT2D eigenvalue weighted by atomic mass is 16.5. The lowest BCUT2D eigenvalue weighted by atomic mass is 10.0.